The summed E-state index contributed by atoms with van der Waals surface area (Å²) < 4.78 is 12.7. The molecular weight excluding hydrogens is 498 g/mol. The van der Waals surface area contributed by atoms with E-state index in [4.69, 9.17) is 14.4 Å². The molecule has 200 valence electrons. The summed E-state index contributed by atoms with van der Waals surface area (Å²) in [6, 6.07) is 14.6. The number of carbonyl (C=O) groups is 2. The topological polar surface area (TPSA) is 107 Å². The second kappa shape index (κ2) is 11.4. The molecule has 1 aromatic heterocycles. The number of ether oxygens (including phenoxy) is 2. The Morgan fingerprint density at radius 2 is 1.92 bits per heavy atom. The lowest BCUT2D eigenvalue weighted by Gasteiger charge is -2.35. The van der Waals surface area contributed by atoms with Crippen LogP contribution in [0.2, 0.25) is 0 Å². The average Bonchev–Trinajstić information content (AvgIpc) is 3.61. The molecule has 10 nitrogen and oxygen atoms in total. The van der Waals surface area contributed by atoms with E-state index in [0.29, 0.717) is 22.8 Å². The van der Waals surface area contributed by atoms with Crippen molar-refractivity contribution >= 4 is 35.1 Å². The molecule has 5 rings (SSSR count). The Balaban J connectivity index is 1.31. The van der Waals surface area contributed by atoms with Crippen LogP contribution in [0.15, 0.2) is 89.6 Å². The second-order valence-corrected chi connectivity index (χ2v) is 9.21. The van der Waals surface area contributed by atoms with Crippen LogP contribution in [-0.2, 0) is 30.5 Å². The number of imidazole rings is 1. The molecule has 0 saturated heterocycles. The summed E-state index contributed by atoms with van der Waals surface area (Å²) in [6.45, 7) is 4.24. The van der Waals surface area contributed by atoms with Crippen LogP contribution in [0.4, 0.5) is 11.4 Å². The zero-order chi connectivity index (χ0) is 27.4. The largest absolute Gasteiger partial charge is 0.468 e. The van der Waals surface area contributed by atoms with Gasteiger partial charge in [0.05, 0.1) is 30.4 Å². The molecule has 0 saturated carbocycles. The first-order chi connectivity index (χ1) is 19.0. The summed E-state index contributed by atoms with van der Waals surface area (Å²) in [5, 5.41) is 1.51. The van der Waals surface area contributed by atoms with Crippen molar-refractivity contribution in [2.45, 2.75) is 26.4 Å². The number of anilines is 2. The maximum atomic E-state index is 13.4. The third-order valence-electron chi connectivity index (χ3n) is 6.64. The Labute approximate surface area is 226 Å². The number of benzene rings is 2. The Morgan fingerprint density at radius 3 is 2.67 bits per heavy atom. The number of hydrogen-bond donors (Lipinski definition) is 1. The van der Waals surface area contributed by atoms with Gasteiger partial charge in [-0.15, -0.1) is 0 Å². The highest BCUT2D eigenvalue weighted by Crippen LogP contribution is 2.40. The summed E-state index contributed by atoms with van der Waals surface area (Å²) in [4.78, 5) is 40.6. The fourth-order valence-corrected chi connectivity index (χ4v) is 4.77. The molecule has 0 amide bonds. The van der Waals surface area contributed by atoms with E-state index in [9.17, 15) is 9.59 Å². The van der Waals surface area contributed by atoms with Gasteiger partial charge in [0, 0.05) is 30.3 Å². The summed E-state index contributed by atoms with van der Waals surface area (Å²) in [5.74, 6) is -1.98. The van der Waals surface area contributed by atoms with Crippen molar-refractivity contribution in [3.8, 4) is 0 Å². The maximum Gasteiger partial charge on any atom is 0.338 e. The molecule has 0 bridgehead atoms. The van der Waals surface area contributed by atoms with Gasteiger partial charge in [0.25, 0.3) is 0 Å². The minimum Gasteiger partial charge on any atom is -0.468 e. The highest BCUT2D eigenvalue weighted by atomic mass is 16.8. The van der Waals surface area contributed by atoms with Gasteiger partial charge in [-0.2, -0.15) is 4.94 Å². The highest BCUT2D eigenvalue weighted by molar-refractivity contribution is 6.07. The molecular formula is C29H29N5O5. The fourth-order valence-electron chi connectivity index (χ4n) is 4.77. The number of esters is 2. The van der Waals surface area contributed by atoms with Crippen LogP contribution in [-0.4, -0.2) is 47.0 Å². The van der Waals surface area contributed by atoms with E-state index in [-0.39, 0.29) is 12.2 Å². The van der Waals surface area contributed by atoms with E-state index < -0.39 is 23.9 Å². The Morgan fingerprint density at radius 1 is 1.13 bits per heavy atom. The number of hydroxylamine groups is 1. The Bertz CT molecular complexity index is 1440. The number of aliphatic imine (C=N–C) groups is 1. The zero-order valence-electron chi connectivity index (χ0n) is 21.9. The smallest absolute Gasteiger partial charge is 0.338 e. The van der Waals surface area contributed by atoms with Gasteiger partial charge in [0.15, 0.2) is 0 Å². The normalized spacial score (nSPS) is 18.5. The number of aromatic nitrogens is 2. The van der Waals surface area contributed by atoms with E-state index >= 15 is 0 Å². The fraction of sp³-hybridized carbons (Fsp3) is 0.241. The number of methoxy groups -OCH3 is 1. The molecule has 0 aliphatic carbocycles. The summed E-state index contributed by atoms with van der Waals surface area (Å²) >= 11 is 0. The first-order valence-electron chi connectivity index (χ1n) is 12.5. The van der Waals surface area contributed by atoms with E-state index in [1.807, 2.05) is 65.4 Å². The maximum absolute atomic E-state index is 13.4. The van der Waals surface area contributed by atoms with Crippen LogP contribution in [0, 0.1) is 5.92 Å². The molecule has 3 heterocycles. The molecule has 0 radical (unpaired) electrons. The number of nitrogens with one attached hydrogen (secondary N) is 1. The number of fused-ring (bicyclic) bond motifs is 1. The molecule has 3 aromatic rings. The van der Waals surface area contributed by atoms with Crippen molar-refractivity contribution in [3.63, 3.8) is 0 Å². The van der Waals surface area contributed by atoms with Crippen LogP contribution in [0.25, 0.3) is 6.08 Å². The first kappa shape index (κ1) is 25.9. The molecule has 2 atom stereocenters. The molecule has 2 aliphatic heterocycles. The van der Waals surface area contributed by atoms with Crippen molar-refractivity contribution in [3.05, 3.63) is 95.7 Å². The van der Waals surface area contributed by atoms with Crippen molar-refractivity contribution in [1.29, 1.82) is 0 Å². The van der Waals surface area contributed by atoms with Gasteiger partial charge in [0.2, 0.25) is 0 Å². The molecule has 2 aliphatic rings. The van der Waals surface area contributed by atoms with Crippen LogP contribution in [0.5, 0.6) is 0 Å². The van der Waals surface area contributed by atoms with Gasteiger partial charge in [-0.1, -0.05) is 42.5 Å². The summed E-state index contributed by atoms with van der Waals surface area (Å²) in [7, 11) is 1.31. The quantitative estimate of drug-likeness (QED) is 0.435. The minimum absolute atomic E-state index is 0.0421. The van der Waals surface area contributed by atoms with Crippen LogP contribution in [0.3, 0.4) is 0 Å². The van der Waals surface area contributed by atoms with E-state index in [1.54, 1.807) is 32.4 Å². The van der Waals surface area contributed by atoms with Gasteiger partial charge < -0.3 is 14.0 Å². The lowest BCUT2D eigenvalue weighted by atomic mass is 9.85. The summed E-state index contributed by atoms with van der Waals surface area (Å²) in [5.41, 5.74) is 7.57. The molecule has 0 spiro atoms. The number of rotatable bonds is 8. The molecule has 10 heteroatoms. The van der Waals surface area contributed by atoms with E-state index in [0.717, 1.165) is 17.7 Å². The van der Waals surface area contributed by atoms with Crippen molar-refractivity contribution in [1.82, 2.24) is 9.55 Å². The van der Waals surface area contributed by atoms with Crippen LogP contribution >= 0.6 is 0 Å². The van der Waals surface area contributed by atoms with Crippen molar-refractivity contribution < 1.29 is 24.0 Å². The third kappa shape index (κ3) is 5.46. The Hall–Kier alpha value is -4.70. The number of allylic oxidation sites excluding steroid dienone is 1. The number of nitrogens with zero attached hydrogens (tertiary/aromatic N) is 4. The SMILES string of the molecule is COC(=O)C1C(C)=NC(C)=C(C(=O)OCC=Cc2ccc(Cn3ccnc3)cc2)C1N1ONc2ccccc21. The summed E-state index contributed by atoms with van der Waals surface area (Å²) in [6.07, 6.45) is 9.11. The highest BCUT2D eigenvalue weighted by Gasteiger charge is 2.47. The van der Waals surface area contributed by atoms with Gasteiger partial charge >= 0.3 is 11.9 Å². The predicted octanol–water partition coefficient (Wildman–Crippen LogP) is 4.17. The van der Waals surface area contributed by atoms with Crippen LogP contribution < -0.4 is 10.5 Å². The second-order valence-electron chi connectivity index (χ2n) is 9.21. The molecule has 2 unspecified atom stereocenters. The molecule has 2 aromatic carbocycles. The molecule has 1 N–H and O–H groups in total. The monoisotopic (exact) mass is 527 g/mol. The number of para-hydroxylation sites is 2. The first-order valence-corrected chi connectivity index (χ1v) is 12.5. The third-order valence-corrected chi connectivity index (χ3v) is 6.64. The van der Waals surface area contributed by atoms with E-state index in [1.165, 1.54) is 12.2 Å². The van der Waals surface area contributed by atoms with Gasteiger partial charge in [-0.05, 0) is 43.2 Å². The minimum atomic E-state index is -0.870. The van der Waals surface area contributed by atoms with Gasteiger partial charge in [-0.3, -0.25) is 9.79 Å². The molecule has 0 fully saturated rings. The predicted molar refractivity (Wildman–Crippen MR) is 146 cm³/mol. The standard InChI is InChI=1S/C29H29N5O5/c1-19-25(28(35)37-3)27(34-24-9-5-4-8-23(24)32-39-34)26(20(2)31-19)29(36)38-16-6-7-21-10-12-22(13-11-21)17-33-15-14-30-18-33/h4-15,18,25,27,32H,16-17H2,1-3H3. The lowest BCUT2D eigenvalue weighted by Crippen LogP contribution is -2.51. The van der Waals surface area contributed by atoms with E-state index in [2.05, 4.69) is 15.5 Å². The number of hydrogen-bond acceptors (Lipinski definition) is 9. The Kier molecular flexibility index (Phi) is 7.55. The van der Waals surface area contributed by atoms with Gasteiger partial charge in [-0.25, -0.2) is 20.3 Å². The van der Waals surface area contributed by atoms with Crippen molar-refractivity contribution in [2.24, 2.45) is 10.9 Å². The van der Waals surface area contributed by atoms with Crippen LogP contribution in [0.1, 0.15) is 25.0 Å². The average molecular weight is 528 g/mol. The van der Waals surface area contributed by atoms with Crippen molar-refractivity contribution in [2.75, 3.05) is 24.3 Å². The zero-order valence-corrected chi connectivity index (χ0v) is 21.9. The molecule has 39 heavy (non-hydrogen) atoms. The lowest BCUT2D eigenvalue weighted by molar-refractivity contribution is -0.144. The number of carbonyl (C=O) groups excluding carboxylic acids is 2. The van der Waals surface area contributed by atoms with Gasteiger partial charge in [0.1, 0.15) is 18.6 Å².